The van der Waals surface area contributed by atoms with Crippen LogP contribution in [0.1, 0.15) is 6.42 Å². The standard InChI is InChI=1S/C13H14N6O/c14-6-1-7-16-12(20)8-19-9-17-13(18-19)10-2-4-11(15)5-3-10/h2-5,9H,1,7-8,15H2,(H,16,20). The molecule has 1 amide bonds. The van der Waals surface area contributed by atoms with Gasteiger partial charge in [-0.2, -0.15) is 10.4 Å². The van der Waals surface area contributed by atoms with Gasteiger partial charge in [-0.1, -0.05) is 0 Å². The molecule has 2 rings (SSSR count). The molecule has 0 fully saturated rings. The third-order valence-electron chi connectivity index (χ3n) is 2.57. The van der Waals surface area contributed by atoms with Crippen molar-refractivity contribution < 1.29 is 4.79 Å². The highest BCUT2D eigenvalue weighted by molar-refractivity contribution is 5.75. The molecule has 1 aromatic carbocycles. The first-order valence-corrected chi connectivity index (χ1v) is 6.08. The molecular formula is C13H14N6O. The second-order valence-electron chi connectivity index (χ2n) is 4.15. The minimum Gasteiger partial charge on any atom is -0.399 e. The van der Waals surface area contributed by atoms with Crippen molar-refractivity contribution in [2.45, 2.75) is 13.0 Å². The number of nitrogens with one attached hydrogen (secondary N) is 1. The summed E-state index contributed by atoms with van der Waals surface area (Å²) in [5, 5.41) is 15.2. The summed E-state index contributed by atoms with van der Waals surface area (Å²) in [4.78, 5) is 15.7. The largest absolute Gasteiger partial charge is 0.399 e. The van der Waals surface area contributed by atoms with Crippen LogP contribution in [0, 0.1) is 11.3 Å². The van der Waals surface area contributed by atoms with Gasteiger partial charge >= 0.3 is 0 Å². The van der Waals surface area contributed by atoms with Gasteiger partial charge in [-0.15, -0.1) is 0 Å². The summed E-state index contributed by atoms with van der Waals surface area (Å²) in [6, 6.07) is 9.14. The van der Waals surface area contributed by atoms with Crippen LogP contribution in [-0.4, -0.2) is 27.2 Å². The molecule has 0 bridgehead atoms. The van der Waals surface area contributed by atoms with Gasteiger partial charge in [0.15, 0.2) is 5.82 Å². The lowest BCUT2D eigenvalue weighted by Gasteiger charge is -2.02. The Morgan fingerprint density at radius 1 is 1.40 bits per heavy atom. The fourth-order valence-electron chi connectivity index (χ4n) is 1.60. The van der Waals surface area contributed by atoms with Crippen LogP contribution in [0.3, 0.4) is 0 Å². The fraction of sp³-hybridized carbons (Fsp3) is 0.231. The Labute approximate surface area is 116 Å². The zero-order valence-electron chi connectivity index (χ0n) is 10.8. The first-order valence-electron chi connectivity index (χ1n) is 6.08. The van der Waals surface area contributed by atoms with Crippen LogP contribution in [0.15, 0.2) is 30.6 Å². The van der Waals surface area contributed by atoms with Gasteiger partial charge < -0.3 is 11.1 Å². The SMILES string of the molecule is N#CCCNC(=O)Cn1cnc(-c2ccc(N)cc2)n1. The molecule has 0 radical (unpaired) electrons. The molecule has 0 aliphatic heterocycles. The van der Waals surface area contributed by atoms with E-state index in [-0.39, 0.29) is 12.5 Å². The van der Waals surface area contributed by atoms with Crippen LogP contribution in [-0.2, 0) is 11.3 Å². The van der Waals surface area contributed by atoms with Gasteiger partial charge in [0.25, 0.3) is 0 Å². The Bertz CT molecular complexity index is 625. The fourth-order valence-corrected chi connectivity index (χ4v) is 1.60. The summed E-state index contributed by atoms with van der Waals surface area (Å²) in [5.74, 6) is 0.337. The molecule has 7 nitrogen and oxygen atoms in total. The van der Waals surface area contributed by atoms with E-state index in [4.69, 9.17) is 11.0 Å². The summed E-state index contributed by atoms with van der Waals surface area (Å²) in [6.07, 6.45) is 1.79. The lowest BCUT2D eigenvalue weighted by Crippen LogP contribution is -2.28. The number of nitrogen functional groups attached to an aromatic ring is 1. The molecule has 3 N–H and O–H groups in total. The van der Waals surface area contributed by atoms with Crippen molar-refractivity contribution in [3.05, 3.63) is 30.6 Å². The Hall–Kier alpha value is -2.88. The number of hydrogen-bond acceptors (Lipinski definition) is 5. The van der Waals surface area contributed by atoms with Gasteiger partial charge in [0.2, 0.25) is 5.91 Å². The van der Waals surface area contributed by atoms with Crippen molar-refractivity contribution in [3.63, 3.8) is 0 Å². The normalized spacial score (nSPS) is 9.95. The van der Waals surface area contributed by atoms with Crippen molar-refractivity contribution in [2.75, 3.05) is 12.3 Å². The van der Waals surface area contributed by atoms with Crippen LogP contribution >= 0.6 is 0 Å². The maximum absolute atomic E-state index is 11.6. The quantitative estimate of drug-likeness (QED) is 0.609. The van der Waals surface area contributed by atoms with E-state index in [2.05, 4.69) is 15.4 Å². The molecule has 2 aromatic rings. The van der Waals surface area contributed by atoms with E-state index in [1.165, 1.54) is 11.0 Å². The third kappa shape index (κ3) is 3.55. The number of nitrogens with zero attached hydrogens (tertiary/aromatic N) is 4. The minimum absolute atomic E-state index is 0.0768. The number of benzene rings is 1. The van der Waals surface area contributed by atoms with E-state index in [1.54, 1.807) is 12.1 Å². The molecule has 0 aliphatic carbocycles. The summed E-state index contributed by atoms with van der Waals surface area (Å²) in [6.45, 7) is 0.419. The van der Waals surface area contributed by atoms with E-state index >= 15 is 0 Å². The zero-order chi connectivity index (χ0) is 14.4. The van der Waals surface area contributed by atoms with Crippen molar-refractivity contribution in [3.8, 4) is 17.5 Å². The maximum atomic E-state index is 11.6. The van der Waals surface area contributed by atoms with E-state index < -0.39 is 0 Å². The van der Waals surface area contributed by atoms with E-state index in [9.17, 15) is 4.79 Å². The molecule has 0 spiro atoms. The molecular weight excluding hydrogens is 256 g/mol. The summed E-state index contributed by atoms with van der Waals surface area (Å²) in [5.41, 5.74) is 7.12. The van der Waals surface area contributed by atoms with Crippen molar-refractivity contribution >= 4 is 11.6 Å². The van der Waals surface area contributed by atoms with Crippen LogP contribution in [0.2, 0.25) is 0 Å². The maximum Gasteiger partial charge on any atom is 0.241 e. The zero-order valence-corrected chi connectivity index (χ0v) is 10.8. The lowest BCUT2D eigenvalue weighted by molar-refractivity contribution is -0.121. The highest BCUT2D eigenvalue weighted by Gasteiger charge is 2.07. The first-order chi connectivity index (χ1) is 9.69. The highest BCUT2D eigenvalue weighted by atomic mass is 16.2. The van der Waals surface area contributed by atoms with Gasteiger partial charge in [0.1, 0.15) is 12.9 Å². The molecule has 0 saturated heterocycles. The highest BCUT2D eigenvalue weighted by Crippen LogP contribution is 2.15. The Morgan fingerprint density at radius 3 is 2.85 bits per heavy atom. The number of hydrogen-bond donors (Lipinski definition) is 2. The van der Waals surface area contributed by atoms with Gasteiger partial charge in [-0.25, -0.2) is 9.67 Å². The third-order valence-corrected chi connectivity index (χ3v) is 2.57. The van der Waals surface area contributed by atoms with Crippen molar-refractivity contribution in [1.82, 2.24) is 20.1 Å². The van der Waals surface area contributed by atoms with Crippen molar-refractivity contribution in [2.24, 2.45) is 0 Å². The molecule has 0 saturated carbocycles. The lowest BCUT2D eigenvalue weighted by atomic mass is 10.2. The average Bonchev–Trinajstić information content (AvgIpc) is 2.88. The topological polar surface area (TPSA) is 110 Å². The average molecular weight is 270 g/mol. The van der Waals surface area contributed by atoms with Crippen LogP contribution < -0.4 is 11.1 Å². The van der Waals surface area contributed by atoms with Gasteiger partial charge in [-0.05, 0) is 24.3 Å². The Morgan fingerprint density at radius 2 is 2.15 bits per heavy atom. The molecule has 0 unspecified atom stereocenters. The van der Waals surface area contributed by atoms with Crippen LogP contribution in [0.25, 0.3) is 11.4 Å². The number of nitriles is 1. The van der Waals surface area contributed by atoms with Gasteiger partial charge in [0, 0.05) is 17.8 Å². The minimum atomic E-state index is -0.200. The van der Waals surface area contributed by atoms with E-state index in [0.29, 0.717) is 24.5 Å². The van der Waals surface area contributed by atoms with Crippen LogP contribution in [0.4, 0.5) is 5.69 Å². The first kappa shape index (κ1) is 13.5. The molecule has 20 heavy (non-hydrogen) atoms. The molecule has 102 valence electrons. The molecule has 7 heteroatoms. The van der Waals surface area contributed by atoms with E-state index in [1.807, 2.05) is 18.2 Å². The number of nitrogens with two attached hydrogens (primary N) is 1. The second kappa shape index (κ2) is 6.33. The summed E-state index contributed by atoms with van der Waals surface area (Å²) >= 11 is 0. The number of anilines is 1. The predicted octanol–water partition coefficient (Wildman–Crippen LogP) is 0.557. The van der Waals surface area contributed by atoms with Gasteiger partial charge in [-0.3, -0.25) is 4.79 Å². The Balaban J connectivity index is 1.97. The molecule has 0 aliphatic rings. The molecule has 1 aromatic heterocycles. The molecule has 1 heterocycles. The number of carbonyl (C=O) groups is 1. The summed E-state index contributed by atoms with van der Waals surface area (Å²) in [7, 11) is 0. The van der Waals surface area contributed by atoms with Crippen molar-refractivity contribution in [1.29, 1.82) is 5.26 Å². The number of rotatable bonds is 5. The number of aromatic nitrogens is 3. The monoisotopic (exact) mass is 270 g/mol. The summed E-state index contributed by atoms with van der Waals surface area (Å²) < 4.78 is 1.45. The Kier molecular flexibility index (Phi) is 4.29. The second-order valence-corrected chi connectivity index (χ2v) is 4.15. The predicted molar refractivity (Wildman–Crippen MR) is 73.1 cm³/mol. The van der Waals surface area contributed by atoms with Gasteiger partial charge in [0.05, 0.1) is 12.5 Å². The van der Waals surface area contributed by atoms with Crippen LogP contribution in [0.5, 0.6) is 0 Å². The number of carbonyl (C=O) groups excluding carboxylic acids is 1. The smallest absolute Gasteiger partial charge is 0.241 e. The van der Waals surface area contributed by atoms with E-state index in [0.717, 1.165) is 5.56 Å². The number of amides is 1. The molecule has 0 atom stereocenters.